The van der Waals surface area contributed by atoms with Crippen LogP contribution in [0.25, 0.3) is 10.9 Å². The lowest BCUT2D eigenvalue weighted by Gasteiger charge is -2.32. The lowest BCUT2D eigenvalue weighted by Crippen LogP contribution is -2.39. The Labute approximate surface area is 153 Å². The molecule has 0 saturated carbocycles. The first-order valence-electron chi connectivity index (χ1n) is 9.11. The molecule has 1 aromatic carbocycles. The van der Waals surface area contributed by atoms with Crippen molar-refractivity contribution in [2.24, 2.45) is 5.92 Å². The van der Waals surface area contributed by atoms with Crippen molar-refractivity contribution < 1.29 is 4.79 Å². The Kier molecular flexibility index (Phi) is 4.61. The van der Waals surface area contributed by atoms with E-state index in [-0.39, 0.29) is 5.91 Å². The first kappa shape index (κ1) is 16.6. The smallest absolute Gasteiger partial charge is 0.256 e. The molecular weight excluding hydrogens is 324 g/mol. The van der Waals surface area contributed by atoms with Crippen LogP contribution in [0, 0.1) is 12.8 Å². The normalized spacial score (nSPS) is 15.3. The molecule has 26 heavy (non-hydrogen) atoms. The Balaban J connectivity index is 1.40. The fourth-order valence-corrected chi connectivity index (χ4v) is 3.68. The summed E-state index contributed by atoms with van der Waals surface area (Å²) in [4.78, 5) is 27.2. The average molecular weight is 346 g/mol. The van der Waals surface area contributed by atoms with Crippen molar-refractivity contribution in [3.63, 3.8) is 0 Å². The van der Waals surface area contributed by atoms with Gasteiger partial charge in [-0.3, -0.25) is 9.78 Å². The zero-order chi connectivity index (χ0) is 17.9. The lowest BCUT2D eigenvalue weighted by atomic mass is 9.88. The van der Waals surface area contributed by atoms with Gasteiger partial charge in [0.1, 0.15) is 5.82 Å². The predicted molar refractivity (Wildman–Crippen MR) is 101 cm³/mol. The summed E-state index contributed by atoms with van der Waals surface area (Å²) in [5, 5.41) is 1.24. The van der Waals surface area contributed by atoms with Crippen LogP contribution in [0.4, 0.5) is 0 Å². The summed E-state index contributed by atoms with van der Waals surface area (Å²) in [6.45, 7) is 3.41. The van der Waals surface area contributed by atoms with Crippen molar-refractivity contribution in [1.82, 2.24) is 19.9 Å². The predicted octanol–water partition coefficient (Wildman–Crippen LogP) is 3.43. The molecule has 3 aromatic rings. The van der Waals surface area contributed by atoms with Crippen molar-refractivity contribution in [3.05, 3.63) is 65.9 Å². The van der Waals surface area contributed by atoms with Gasteiger partial charge in [-0.1, -0.05) is 18.2 Å². The van der Waals surface area contributed by atoms with Gasteiger partial charge in [-0.2, -0.15) is 0 Å². The molecule has 0 radical (unpaired) electrons. The van der Waals surface area contributed by atoms with Gasteiger partial charge in [-0.25, -0.2) is 9.97 Å². The minimum Gasteiger partial charge on any atom is -0.339 e. The molecule has 0 unspecified atom stereocenters. The largest absolute Gasteiger partial charge is 0.339 e. The number of nitrogens with zero attached hydrogens (tertiary/aromatic N) is 4. The van der Waals surface area contributed by atoms with Crippen LogP contribution >= 0.6 is 0 Å². The number of amides is 1. The van der Waals surface area contributed by atoms with E-state index in [0.29, 0.717) is 17.3 Å². The summed E-state index contributed by atoms with van der Waals surface area (Å²) in [5.74, 6) is 1.32. The van der Waals surface area contributed by atoms with E-state index in [1.54, 1.807) is 12.4 Å². The van der Waals surface area contributed by atoms with Crippen molar-refractivity contribution in [3.8, 4) is 0 Å². The third kappa shape index (κ3) is 3.43. The molecule has 132 valence electrons. The van der Waals surface area contributed by atoms with Gasteiger partial charge in [0.15, 0.2) is 0 Å². The first-order valence-corrected chi connectivity index (χ1v) is 9.11. The van der Waals surface area contributed by atoms with Gasteiger partial charge in [0.25, 0.3) is 5.91 Å². The van der Waals surface area contributed by atoms with E-state index < -0.39 is 0 Å². The van der Waals surface area contributed by atoms with E-state index in [4.69, 9.17) is 0 Å². The van der Waals surface area contributed by atoms with Gasteiger partial charge in [0.2, 0.25) is 0 Å². The number of aromatic nitrogens is 3. The van der Waals surface area contributed by atoms with Crippen LogP contribution in [0.15, 0.2) is 48.9 Å². The zero-order valence-electron chi connectivity index (χ0n) is 14.9. The Morgan fingerprint density at radius 2 is 1.85 bits per heavy atom. The molecule has 0 aliphatic carbocycles. The fraction of sp³-hybridized carbons (Fsp3) is 0.333. The monoisotopic (exact) mass is 346 g/mol. The van der Waals surface area contributed by atoms with Crippen molar-refractivity contribution in [2.75, 3.05) is 13.1 Å². The second kappa shape index (κ2) is 7.20. The quantitative estimate of drug-likeness (QED) is 0.729. The minimum atomic E-state index is 0.0396. The summed E-state index contributed by atoms with van der Waals surface area (Å²) >= 11 is 0. The van der Waals surface area contributed by atoms with Crippen LogP contribution in [0.2, 0.25) is 0 Å². The highest BCUT2D eigenvalue weighted by molar-refractivity contribution is 5.93. The molecule has 0 N–H and O–H groups in total. The number of piperidine rings is 1. The SMILES string of the molecule is Cc1ncc(C(=O)N2CCC(Cc3cccc4ncccc34)CC2)cn1. The number of rotatable bonds is 3. The number of benzene rings is 1. The van der Waals surface area contributed by atoms with Gasteiger partial charge in [-0.15, -0.1) is 0 Å². The molecule has 5 heteroatoms. The molecule has 4 rings (SSSR count). The first-order chi connectivity index (χ1) is 12.7. The lowest BCUT2D eigenvalue weighted by molar-refractivity contribution is 0.0689. The third-order valence-corrected chi connectivity index (χ3v) is 5.17. The van der Waals surface area contributed by atoms with E-state index in [0.717, 1.165) is 37.9 Å². The van der Waals surface area contributed by atoms with E-state index >= 15 is 0 Å². The number of carbonyl (C=O) groups excluding carboxylic acids is 1. The van der Waals surface area contributed by atoms with Gasteiger partial charge >= 0.3 is 0 Å². The number of hydrogen-bond donors (Lipinski definition) is 0. The Bertz CT molecular complexity index is 909. The highest BCUT2D eigenvalue weighted by Crippen LogP contribution is 2.26. The molecule has 0 spiro atoms. The zero-order valence-corrected chi connectivity index (χ0v) is 14.9. The van der Waals surface area contributed by atoms with Crippen molar-refractivity contribution in [1.29, 1.82) is 0 Å². The number of pyridine rings is 1. The van der Waals surface area contributed by atoms with Gasteiger partial charge < -0.3 is 4.90 Å². The second-order valence-corrected chi connectivity index (χ2v) is 6.95. The number of likely N-dealkylation sites (tertiary alicyclic amines) is 1. The maximum atomic E-state index is 12.6. The van der Waals surface area contributed by atoms with Crippen LogP contribution in [-0.4, -0.2) is 38.8 Å². The molecule has 1 fully saturated rings. The molecule has 1 amide bonds. The maximum absolute atomic E-state index is 12.6. The molecule has 1 aliphatic rings. The molecule has 5 nitrogen and oxygen atoms in total. The van der Waals surface area contributed by atoms with Crippen LogP contribution in [-0.2, 0) is 6.42 Å². The molecule has 0 atom stereocenters. The highest BCUT2D eigenvalue weighted by atomic mass is 16.2. The number of fused-ring (bicyclic) bond motifs is 1. The molecule has 0 bridgehead atoms. The standard InChI is InChI=1S/C21H22N4O/c1-15-23-13-18(14-24-15)21(26)25-10-7-16(8-11-25)12-17-4-2-6-20-19(17)5-3-9-22-20/h2-6,9,13-14,16H,7-8,10-12H2,1H3. The molecule has 3 heterocycles. The topological polar surface area (TPSA) is 59.0 Å². The Morgan fingerprint density at radius 1 is 1.08 bits per heavy atom. The highest BCUT2D eigenvalue weighted by Gasteiger charge is 2.24. The molecule has 1 aliphatic heterocycles. The van der Waals surface area contributed by atoms with Gasteiger partial charge in [0.05, 0.1) is 11.1 Å². The molecule has 1 saturated heterocycles. The minimum absolute atomic E-state index is 0.0396. The van der Waals surface area contributed by atoms with Crippen molar-refractivity contribution in [2.45, 2.75) is 26.2 Å². The van der Waals surface area contributed by atoms with Crippen molar-refractivity contribution >= 4 is 16.8 Å². The summed E-state index contributed by atoms with van der Waals surface area (Å²) in [7, 11) is 0. The third-order valence-electron chi connectivity index (χ3n) is 5.17. The van der Waals surface area contributed by atoms with Gasteiger partial charge in [-0.05, 0) is 49.8 Å². The summed E-state index contributed by atoms with van der Waals surface area (Å²) in [5.41, 5.74) is 2.98. The van der Waals surface area contributed by atoms with Crippen LogP contribution in [0.3, 0.4) is 0 Å². The van der Waals surface area contributed by atoms with E-state index in [1.165, 1.54) is 10.9 Å². The average Bonchev–Trinajstić information content (AvgIpc) is 2.69. The van der Waals surface area contributed by atoms with Crippen LogP contribution in [0.1, 0.15) is 34.6 Å². The maximum Gasteiger partial charge on any atom is 0.256 e. The summed E-state index contributed by atoms with van der Waals surface area (Å²) in [6.07, 6.45) is 8.17. The van der Waals surface area contributed by atoms with E-state index in [9.17, 15) is 4.79 Å². The number of carbonyl (C=O) groups is 1. The fourth-order valence-electron chi connectivity index (χ4n) is 3.68. The number of aryl methyl sites for hydroxylation is 1. The van der Waals surface area contributed by atoms with Crippen LogP contribution < -0.4 is 0 Å². The molecular formula is C21H22N4O. The Morgan fingerprint density at radius 3 is 2.62 bits per heavy atom. The van der Waals surface area contributed by atoms with Crippen LogP contribution in [0.5, 0.6) is 0 Å². The summed E-state index contributed by atoms with van der Waals surface area (Å²) in [6, 6.07) is 10.5. The van der Waals surface area contributed by atoms with Gasteiger partial charge in [0, 0.05) is 37.1 Å². The second-order valence-electron chi connectivity index (χ2n) is 6.95. The Hall–Kier alpha value is -2.82. The molecule has 2 aromatic heterocycles. The number of hydrogen-bond acceptors (Lipinski definition) is 4. The van der Waals surface area contributed by atoms with E-state index in [2.05, 4.69) is 39.2 Å². The summed E-state index contributed by atoms with van der Waals surface area (Å²) < 4.78 is 0. The van der Waals surface area contributed by atoms with E-state index in [1.807, 2.05) is 24.1 Å².